The lowest BCUT2D eigenvalue weighted by Crippen LogP contribution is -2.40. The highest BCUT2D eigenvalue weighted by atomic mass is 16.5. The van der Waals surface area contributed by atoms with Gasteiger partial charge in [-0.15, -0.1) is 0 Å². The van der Waals surface area contributed by atoms with Crippen molar-refractivity contribution in [1.29, 1.82) is 0 Å². The standard InChI is InChI=1S/C20H26N2O3/c1-14-10-11-18(25-4)17(12-14)22-20(23)19(21-15(2)13-24-3)16-8-6-5-7-9-16/h5-12,15,19,21H,13H2,1-4H3,(H,22,23)/t15-,19-/m1/s1. The number of ether oxygens (including phenoxy) is 2. The van der Waals surface area contributed by atoms with Crippen LogP contribution in [0, 0.1) is 6.92 Å². The first-order chi connectivity index (χ1) is 12.0. The number of carbonyl (C=O) groups is 1. The fraction of sp³-hybridized carbons (Fsp3) is 0.350. The van der Waals surface area contributed by atoms with Gasteiger partial charge in [-0.1, -0.05) is 36.4 Å². The lowest BCUT2D eigenvalue weighted by atomic mass is 10.0. The highest BCUT2D eigenvalue weighted by molar-refractivity contribution is 5.96. The maximum atomic E-state index is 13.0. The SMILES string of the molecule is COC[C@@H](C)N[C@@H](C(=O)Nc1cc(C)ccc1OC)c1ccccc1. The molecule has 0 heterocycles. The highest BCUT2D eigenvalue weighted by Gasteiger charge is 2.23. The first-order valence-electron chi connectivity index (χ1n) is 8.30. The molecule has 0 aliphatic carbocycles. The molecule has 0 aromatic heterocycles. The van der Waals surface area contributed by atoms with E-state index in [9.17, 15) is 4.79 Å². The quantitative estimate of drug-likeness (QED) is 0.773. The van der Waals surface area contributed by atoms with Crippen LogP contribution < -0.4 is 15.4 Å². The molecule has 134 valence electrons. The molecule has 0 bridgehead atoms. The Labute approximate surface area is 149 Å². The van der Waals surface area contributed by atoms with Crippen LogP contribution in [0.5, 0.6) is 5.75 Å². The minimum Gasteiger partial charge on any atom is -0.495 e. The van der Waals surface area contributed by atoms with E-state index >= 15 is 0 Å². The number of carbonyl (C=O) groups excluding carboxylic acids is 1. The maximum Gasteiger partial charge on any atom is 0.246 e. The molecule has 1 amide bonds. The van der Waals surface area contributed by atoms with E-state index in [1.165, 1.54) is 0 Å². The third kappa shape index (κ3) is 5.31. The molecule has 0 fully saturated rings. The van der Waals surface area contributed by atoms with Crippen LogP contribution in [0.3, 0.4) is 0 Å². The van der Waals surface area contributed by atoms with Gasteiger partial charge in [0, 0.05) is 13.2 Å². The van der Waals surface area contributed by atoms with E-state index in [0.29, 0.717) is 18.0 Å². The van der Waals surface area contributed by atoms with Gasteiger partial charge >= 0.3 is 0 Å². The molecule has 2 aromatic carbocycles. The molecule has 2 rings (SSSR count). The Balaban J connectivity index is 2.25. The van der Waals surface area contributed by atoms with Crippen LogP contribution in [0.2, 0.25) is 0 Å². The van der Waals surface area contributed by atoms with Crippen molar-refractivity contribution in [3.8, 4) is 5.75 Å². The molecule has 2 N–H and O–H groups in total. The Kier molecular flexibility index (Phi) is 6.98. The maximum absolute atomic E-state index is 13.0. The fourth-order valence-electron chi connectivity index (χ4n) is 2.68. The molecule has 25 heavy (non-hydrogen) atoms. The third-order valence-electron chi connectivity index (χ3n) is 3.88. The summed E-state index contributed by atoms with van der Waals surface area (Å²) in [6, 6.07) is 14.9. The van der Waals surface area contributed by atoms with Crippen LogP contribution >= 0.6 is 0 Å². The molecule has 0 saturated carbocycles. The lowest BCUT2D eigenvalue weighted by molar-refractivity contribution is -0.118. The summed E-state index contributed by atoms with van der Waals surface area (Å²) in [5.74, 6) is 0.494. The molecule has 0 aliphatic heterocycles. The molecule has 2 aromatic rings. The Morgan fingerprint density at radius 3 is 2.48 bits per heavy atom. The number of methoxy groups -OCH3 is 2. The van der Waals surface area contributed by atoms with Crippen molar-refractivity contribution in [3.05, 3.63) is 59.7 Å². The van der Waals surface area contributed by atoms with Crippen molar-refractivity contribution in [2.75, 3.05) is 26.1 Å². The smallest absolute Gasteiger partial charge is 0.246 e. The summed E-state index contributed by atoms with van der Waals surface area (Å²) in [4.78, 5) is 13.0. The number of hydrogen-bond donors (Lipinski definition) is 2. The molecule has 5 heteroatoms. The van der Waals surface area contributed by atoms with E-state index < -0.39 is 6.04 Å². The van der Waals surface area contributed by atoms with Gasteiger partial charge in [-0.2, -0.15) is 0 Å². The molecule has 0 saturated heterocycles. The molecule has 0 spiro atoms. The Morgan fingerprint density at radius 1 is 1.12 bits per heavy atom. The van der Waals surface area contributed by atoms with E-state index in [0.717, 1.165) is 11.1 Å². The Bertz CT molecular complexity index is 689. The largest absolute Gasteiger partial charge is 0.495 e. The first kappa shape index (κ1) is 19.0. The lowest BCUT2D eigenvalue weighted by Gasteiger charge is -2.23. The summed E-state index contributed by atoms with van der Waals surface area (Å²) in [6.07, 6.45) is 0. The first-order valence-corrected chi connectivity index (χ1v) is 8.30. The summed E-state index contributed by atoms with van der Waals surface area (Å²) >= 11 is 0. The van der Waals surface area contributed by atoms with Gasteiger partial charge in [0.25, 0.3) is 0 Å². The number of hydrogen-bond acceptors (Lipinski definition) is 4. The number of benzene rings is 2. The Hall–Kier alpha value is -2.37. The monoisotopic (exact) mass is 342 g/mol. The summed E-state index contributed by atoms with van der Waals surface area (Å²) in [6.45, 7) is 4.48. The second-order valence-corrected chi connectivity index (χ2v) is 6.06. The molecule has 0 unspecified atom stereocenters. The van der Waals surface area contributed by atoms with Crippen LogP contribution in [0.1, 0.15) is 24.1 Å². The van der Waals surface area contributed by atoms with Crippen LogP contribution in [0.15, 0.2) is 48.5 Å². The van der Waals surface area contributed by atoms with Gasteiger partial charge in [-0.25, -0.2) is 0 Å². The van der Waals surface area contributed by atoms with E-state index in [4.69, 9.17) is 9.47 Å². The van der Waals surface area contributed by atoms with E-state index in [2.05, 4.69) is 10.6 Å². The predicted molar refractivity (Wildman–Crippen MR) is 100 cm³/mol. The van der Waals surface area contributed by atoms with Crippen molar-refractivity contribution in [2.24, 2.45) is 0 Å². The predicted octanol–water partition coefficient (Wildman–Crippen LogP) is 3.31. The topological polar surface area (TPSA) is 59.6 Å². The average Bonchev–Trinajstić information content (AvgIpc) is 2.61. The Morgan fingerprint density at radius 2 is 1.84 bits per heavy atom. The number of anilines is 1. The van der Waals surface area contributed by atoms with Gasteiger partial charge in [0.05, 0.1) is 19.4 Å². The van der Waals surface area contributed by atoms with Gasteiger partial charge in [0.15, 0.2) is 0 Å². The zero-order valence-electron chi connectivity index (χ0n) is 15.2. The minimum atomic E-state index is -0.489. The van der Waals surface area contributed by atoms with Crippen molar-refractivity contribution >= 4 is 11.6 Å². The number of amides is 1. The van der Waals surface area contributed by atoms with Crippen LogP contribution in [-0.4, -0.2) is 32.8 Å². The van der Waals surface area contributed by atoms with E-state index in [-0.39, 0.29) is 11.9 Å². The summed E-state index contributed by atoms with van der Waals surface area (Å²) in [7, 11) is 3.24. The number of nitrogens with one attached hydrogen (secondary N) is 2. The molecular weight excluding hydrogens is 316 g/mol. The normalized spacial score (nSPS) is 13.1. The highest BCUT2D eigenvalue weighted by Crippen LogP contribution is 2.26. The van der Waals surface area contributed by atoms with Crippen molar-refractivity contribution < 1.29 is 14.3 Å². The van der Waals surface area contributed by atoms with Gasteiger partial charge < -0.3 is 14.8 Å². The molecule has 2 atom stereocenters. The van der Waals surface area contributed by atoms with Crippen molar-refractivity contribution in [2.45, 2.75) is 25.9 Å². The van der Waals surface area contributed by atoms with E-state index in [1.807, 2.05) is 62.4 Å². The van der Waals surface area contributed by atoms with Crippen LogP contribution in [0.4, 0.5) is 5.69 Å². The van der Waals surface area contributed by atoms with E-state index in [1.54, 1.807) is 14.2 Å². The van der Waals surface area contributed by atoms with Gasteiger partial charge in [-0.05, 0) is 37.1 Å². The van der Waals surface area contributed by atoms with Crippen molar-refractivity contribution in [1.82, 2.24) is 5.32 Å². The van der Waals surface area contributed by atoms with Gasteiger partial charge in [-0.3, -0.25) is 10.1 Å². The molecule has 5 nitrogen and oxygen atoms in total. The minimum absolute atomic E-state index is 0.0281. The molecular formula is C20H26N2O3. The summed E-state index contributed by atoms with van der Waals surface area (Å²) in [5, 5.41) is 6.31. The van der Waals surface area contributed by atoms with Crippen LogP contribution in [0.25, 0.3) is 0 Å². The second kappa shape index (κ2) is 9.20. The third-order valence-corrected chi connectivity index (χ3v) is 3.88. The van der Waals surface area contributed by atoms with Gasteiger partial charge in [0.2, 0.25) is 5.91 Å². The molecule has 0 aliphatic rings. The summed E-state index contributed by atoms with van der Waals surface area (Å²) < 4.78 is 10.5. The molecule has 0 radical (unpaired) electrons. The summed E-state index contributed by atoms with van der Waals surface area (Å²) in [5.41, 5.74) is 2.61. The zero-order valence-corrected chi connectivity index (χ0v) is 15.2. The average molecular weight is 342 g/mol. The van der Waals surface area contributed by atoms with Gasteiger partial charge in [0.1, 0.15) is 11.8 Å². The number of rotatable bonds is 8. The fourth-order valence-corrected chi connectivity index (χ4v) is 2.68. The zero-order chi connectivity index (χ0) is 18.2. The van der Waals surface area contributed by atoms with Crippen molar-refractivity contribution in [3.63, 3.8) is 0 Å². The second-order valence-electron chi connectivity index (χ2n) is 6.06. The van der Waals surface area contributed by atoms with Crippen LogP contribution in [-0.2, 0) is 9.53 Å². The number of aryl methyl sites for hydroxylation is 1.